The smallest absolute Gasteiger partial charge is 0.168 e. The topological polar surface area (TPSA) is 21.7 Å². The molecule has 1 aromatic rings. The van der Waals surface area contributed by atoms with Crippen LogP contribution in [-0.4, -0.2) is 38.3 Å². The fraction of sp³-hybridized carbons (Fsp3) is 0.429. The van der Waals surface area contributed by atoms with E-state index in [1.54, 1.807) is 7.11 Å². The molecule has 0 saturated carbocycles. The number of hydrogen-bond donors (Lipinski definition) is 0. The minimum Gasteiger partial charge on any atom is -0.493 e. The molecule has 0 spiro atoms. The number of rotatable bonds is 1. The predicted octanol–water partition coefficient (Wildman–Crippen LogP) is 2.18. The Balaban J connectivity index is 2.10. The zero-order valence-corrected chi connectivity index (χ0v) is 10.3. The van der Waals surface area contributed by atoms with Gasteiger partial charge >= 0.3 is 0 Å². The fourth-order valence-electron chi connectivity index (χ4n) is 2.67. The third kappa shape index (κ3) is 1.62. The number of fused-ring (bicyclic) bond motifs is 3. The lowest BCUT2D eigenvalue weighted by Gasteiger charge is -2.37. The highest BCUT2D eigenvalue weighted by Gasteiger charge is 2.31. The highest BCUT2D eigenvalue weighted by atomic mass is 16.5. The number of likely N-dealkylation sites (N-methyl/N-ethyl adjacent to an activating group) is 1. The van der Waals surface area contributed by atoms with Crippen LogP contribution in [0, 0.1) is 0 Å². The summed E-state index contributed by atoms with van der Waals surface area (Å²) in [7, 11) is 3.85. The minimum atomic E-state index is 0.392. The van der Waals surface area contributed by atoms with Crippen LogP contribution in [0.25, 0.3) is 5.57 Å². The number of benzene rings is 1. The van der Waals surface area contributed by atoms with Crippen molar-refractivity contribution in [2.24, 2.45) is 0 Å². The Labute approximate surface area is 102 Å². The lowest BCUT2D eigenvalue weighted by Crippen LogP contribution is -2.42. The van der Waals surface area contributed by atoms with Gasteiger partial charge in [-0.1, -0.05) is 18.2 Å². The molecule has 0 amide bonds. The molecular formula is C14H17NO2. The van der Waals surface area contributed by atoms with Crippen molar-refractivity contribution in [1.82, 2.24) is 4.90 Å². The van der Waals surface area contributed by atoms with Gasteiger partial charge in [0, 0.05) is 12.1 Å². The van der Waals surface area contributed by atoms with Crippen LogP contribution in [0.5, 0.6) is 11.5 Å². The molecular weight excluding hydrogens is 214 g/mol. The maximum Gasteiger partial charge on any atom is 0.168 e. The molecule has 1 aromatic carbocycles. The minimum absolute atomic E-state index is 0.392. The molecule has 3 nitrogen and oxygen atoms in total. The van der Waals surface area contributed by atoms with Gasteiger partial charge in [0.05, 0.1) is 13.2 Å². The van der Waals surface area contributed by atoms with Gasteiger partial charge in [0.1, 0.15) is 6.61 Å². The van der Waals surface area contributed by atoms with Gasteiger partial charge in [0.2, 0.25) is 0 Å². The van der Waals surface area contributed by atoms with Gasteiger partial charge in [-0.05, 0) is 25.1 Å². The highest BCUT2D eigenvalue weighted by molar-refractivity contribution is 5.78. The van der Waals surface area contributed by atoms with Crippen LogP contribution in [0.15, 0.2) is 24.3 Å². The van der Waals surface area contributed by atoms with Crippen LogP contribution in [0.3, 0.4) is 0 Å². The molecule has 1 unspecified atom stereocenters. The van der Waals surface area contributed by atoms with Crippen LogP contribution in [0.2, 0.25) is 0 Å². The number of nitrogens with zero attached hydrogens (tertiary/aromatic N) is 1. The maximum atomic E-state index is 5.88. The number of methoxy groups -OCH3 is 1. The predicted molar refractivity (Wildman–Crippen MR) is 67.5 cm³/mol. The summed E-state index contributed by atoms with van der Waals surface area (Å²) in [6.07, 6.45) is 3.45. The number of hydrogen-bond acceptors (Lipinski definition) is 3. The number of para-hydroxylation sites is 1. The molecule has 3 heteroatoms. The summed E-state index contributed by atoms with van der Waals surface area (Å²) in [5.41, 5.74) is 2.58. The van der Waals surface area contributed by atoms with E-state index in [1.165, 1.54) is 11.1 Å². The largest absolute Gasteiger partial charge is 0.493 e. The molecule has 17 heavy (non-hydrogen) atoms. The van der Waals surface area contributed by atoms with E-state index in [4.69, 9.17) is 9.47 Å². The molecule has 0 radical (unpaired) electrons. The van der Waals surface area contributed by atoms with E-state index >= 15 is 0 Å². The Morgan fingerprint density at radius 2 is 2.29 bits per heavy atom. The fourth-order valence-corrected chi connectivity index (χ4v) is 2.67. The summed E-state index contributed by atoms with van der Waals surface area (Å²) in [4.78, 5) is 2.36. The van der Waals surface area contributed by atoms with E-state index in [2.05, 4.69) is 24.1 Å². The van der Waals surface area contributed by atoms with Crippen molar-refractivity contribution in [3.05, 3.63) is 29.8 Å². The van der Waals surface area contributed by atoms with Gasteiger partial charge in [0.15, 0.2) is 11.5 Å². The van der Waals surface area contributed by atoms with Gasteiger partial charge in [-0.3, -0.25) is 4.90 Å². The highest BCUT2D eigenvalue weighted by Crippen LogP contribution is 2.42. The van der Waals surface area contributed by atoms with Crippen LogP contribution in [0.4, 0.5) is 0 Å². The Kier molecular flexibility index (Phi) is 2.56. The van der Waals surface area contributed by atoms with E-state index in [1.807, 2.05) is 12.1 Å². The molecule has 0 fully saturated rings. The quantitative estimate of drug-likeness (QED) is 0.739. The molecule has 0 saturated heterocycles. The standard InChI is InChI=1S/C14H17NO2/c1-15-8-4-6-10-11-5-3-7-13(16-2)14(11)17-9-12(10)15/h3,5-7,12H,4,8-9H2,1-2H3. The average Bonchev–Trinajstić information content (AvgIpc) is 2.38. The van der Waals surface area contributed by atoms with Crippen molar-refractivity contribution in [2.75, 3.05) is 27.3 Å². The molecule has 0 bridgehead atoms. The molecule has 0 aliphatic carbocycles. The van der Waals surface area contributed by atoms with Crippen molar-refractivity contribution >= 4 is 5.57 Å². The van der Waals surface area contributed by atoms with Gasteiger partial charge in [-0.15, -0.1) is 0 Å². The van der Waals surface area contributed by atoms with Crippen molar-refractivity contribution in [1.29, 1.82) is 0 Å². The molecule has 2 aliphatic rings. The van der Waals surface area contributed by atoms with E-state index in [0.29, 0.717) is 6.04 Å². The summed E-state index contributed by atoms with van der Waals surface area (Å²) in [5, 5.41) is 0. The van der Waals surface area contributed by atoms with Gasteiger partial charge < -0.3 is 9.47 Å². The SMILES string of the molecule is COc1cccc2c1OCC1C2=CCCN1C. The van der Waals surface area contributed by atoms with Gasteiger partial charge in [-0.2, -0.15) is 0 Å². The second-order valence-electron chi connectivity index (χ2n) is 4.59. The molecule has 1 atom stereocenters. The third-order valence-electron chi connectivity index (χ3n) is 3.63. The Hall–Kier alpha value is -1.48. The monoisotopic (exact) mass is 231 g/mol. The first-order valence-electron chi connectivity index (χ1n) is 6.01. The normalized spacial score (nSPS) is 23.2. The van der Waals surface area contributed by atoms with Crippen molar-refractivity contribution in [3.63, 3.8) is 0 Å². The average molecular weight is 231 g/mol. The van der Waals surface area contributed by atoms with E-state index in [-0.39, 0.29) is 0 Å². The van der Waals surface area contributed by atoms with Gasteiger partial charge in [0.25, 0.3) is 0 Å². The first kappa shape index (κ1) is 10.7. The molecule has 3 rings (SSSR count). The summed E-state index contributed by atoms with van der Waals surface area (Å²) < 4.78 is 11.2. The maximum absolute atomic E-state index is 5.88. The molecule has 2 aliphatic heterocycles. The first-order valence-corrected chi connectivity index (χ1v) is 6.01. The molecule has 0 aromatic heterocycles. The van der Waals surface area contributed by atoms with Crippen molar-refractivity contribution < 1.29 is 9.47 Å². The molecule has 90 valence electrons. The van der Waals surface area contributed by atoms with Crippen LogP contribution >= 0.6 is 0 Å². The van der Waals surface area contributed by atoms with E-state index in [9.17, 15) is 0 Å². The van der Waals surface area contributed by atoms with Crippen LogP contribution < -0.4 is 9.47 Å². The second kappa shape index (κ2) is 4.08. The Bertz CT molecular complexity index is 467. The summed E-state index contributed by atoms with van der Waals surface area (Å²) in [5.74, 6) is 1.72. The first-order chi connectivity index (χ1) is 8.31. The third-order valence-corrected chi connectivity index (χ3v) is 3.63. The summed E-state index contributed by atoms with van der Waals surface area (Å²) >= 11 is 0. The summed E-state index contributed by atoms with van der Waals surface area (Å²) in [6, 6.07) is 6.49. The zero-order chi connectivity index (χ0) is 11.8. The van der Waals surface area contributed by atoms with Crippen molar-refractivity contribution in [3.8, 4) is 11.5 Å². The van der Waals surface area contributed by atoms with Gasteiger partial charge in [-0.25, -0.2) is 0 Å². The second-order valence-corrected chi connectivity index (χ2v) is 4.59. The lowest BCUT2D eigenvalue weighted by molar-refractivity contribution is 0.179. The van der Waals surface area contributed by atoms with E-state index < -0.39 is 0 Å². The van der Waals surface area contributed by atoms with Crippen molar-refractivity contribution in [2.45, 2.75) is 12.5 Å². The summed E-state index contributed by atoms with van der Waals surface area (Å²) in [6.45, 7) is 1.83. The molecule has 0 N–H and O–H groups in total. The zero-order valence-electron chi connectivity index (χ0n) is 10.3. The Morgan fingerprint density at radius 1 is 1.41 bits per heavy atom. The lowest BCUT2D eigenvalue weighted by atomic mass is 9.91. The number of ether oxygens (including phenoxy) is 2. The van der Waals surface area contributed by atoms with E-state index in [0.717, 1.165) is 31.1 Å². The van der Waals surface area contributed by atoms with Crippen LogP contribution in [0.1, 0.15) is 12.0 Å². The van der Waals surface area contributed by atoms with Crippen LogP contribution in [-0.2, 0) is 0 Å². The Morgan fingerprint density at radius 3 is 3.12 bits per heavy atom. The molecule has 2 heterocycles.